The van der Waals surface area contributed by atoms with Gasteiger partial charge in [0, 0.05) is 12.8 Å². The third kappa shape index (κ3) is 2.91. The molecule has 0 saturated carbocycles. The maximum atomic E-state index is 6.03. The third-order valence-electron chi connectivity index (χ3n) is 2.28. The topological polar surface area (TPSA) is 43.6 Å². The average Bonchev–Trinajstić information content (AvgIpc) is 2.62. The van der Waals surface area contributed by atoms with E-state index in [0.29, 0.717) is 15.9 Å². The molecule has 0 bridgehead atoms. The Morgan fingerprint density at radius 2 is 2.06 bits per heavy atom. The van der Waals surface area contributed by atoms with Crippen LogP contribution in [-0.4, -0.2) is 19.7 Å². The predicted octanol–water partition coefficient (Wildman–Crippen LogP) is 3.12. The molecule has 4 nitrogen and oxygen atoms in total. The zero-order chi connectivity index (χ0) is 12.4. The maximum Gasteiger partial charge on any atom is 0.191 e. The van der Waals surface area contributed by atoms with Crippen LogP contribution in [0.25, 0.3) is 0 Å². The van der Waals surface area contributed by atoms with Crippen LogP contribution in [0.2, 0.25) is 10.2 Å². The minimum Gasteiger partial charge on any atom is -0.309 e. The van der Waals surface area contributed by atoms with Crippen molar-refractivity contribution >= 4 is 35.0 Å². The highest BCUT2D eigenvalue weighted by atomic mass is 35.5. The fraction of sp³-hybridized carbons (Fsp3) is 0.300. The fourth-order valence-electron chi connectivity index (χ4n) is 1.21. The Bertz CT molecular complexity index is 541. The first kappa shape index (κ1) is 12.7. The summed E-state index contributed by atoms with van der Waals surface area (Å²) in [5.74, 6) is 1.49. The number of rotatable bonds is 3. The van der Waals surface area contributed by atoms with Gasteiger partial charge in [-0.05, 0) is 19.1 Å². The lowest BCUT2D eigenvalue weighted by Gasteiger charge is -2.03. The molecule has 0 aliphatic carbocycles. The van der Waals surface area contributed by atoms with Crippen LogP contribution in [0.15, 0.2) is 17.3 Å². The summed E-state index contributed by atoms with van der Waals surface area (Å²) in [6, 6.07) is 3.42. The van der Waals surface area contributed by atoms with E-state index >= 15 is 0 Å². The normalized spacial score (nSPS) is 10.8. The molecule has 7 heteroatoms. The largest absolute Gasteiger partial charge is 0.309 e. The van der Waals surface area contributed by atoms with Crippen molar-refractivity contribution in [2.75, 3.05) is 0 Å². The van der Waals surface area contributed by atoms with Crippen molar-refractivity contribution in [3.8, 4) is 0 Å². The van der Waals surface area contributed by atoms with Gasteiger partial charge in [0.25, 0.3) is 0 Å². The van der Waals surface area contributed by atoms with Crippen LogP contribution in [0, 0.1) is 6.92 Å². The lowest BCUT2D eigenvalue weighted by molar-refractivity contribution is 0.765. The summed E-state index contributed by atoms with van der Waals surface area (Å²) in [6.45, 7) is 1.90. The van der Waals surface area contributed by atoms with E-state index in [1.54, 1.807) is 12.1 Å². The molecule has 0 spiro atoms. The van der Waals surface area contributed by atoms with Gasteiger partial charge in [0.1, 0.15) is 11.0 Å². The lowest BCUT2D eigenvalue weighted by atomic mass is 10.4. The molecule has 0 radical (unpaired) electrons. The highest BCUT2D eigenvalue weighted by Crippen LogP contribution is 2.25. The van der Waals surface area contributed by atoms with Crippen molar-refractivity contribution in [3.05, 3.63) is 33.8 Å². The number of pyridine rings is 1. The molecule has 0 aliphatic heterocycles. The van der Waals surface area contributed by atoms with Gasteiger partial charge in [-0.15, -0.1) is 10.2 Å². The Kier molecular flexibility index (Phi) is 3.91. The second-order valence-electron chi connectivity index (χ2n) is 3.44. The predicted molar refractivity (Wildman–Crippen MR) is 69.6 cm³/mol. The summed E-state index contributed by atoms with van der Waals surface area (Å²) in [5, 5.41) is 9.92. The molecule has 90 valence electrons. The summed E-state index contributed by atoms with van der Waals surface area (Å²) < 4.78 is 1.92. The van der Waals surface area contributed by atoms with E-state index in [0.717, 1.165) is 16.7 Å². The standard InChI is InChI=1S/C10H10Cl2N4S/c1-6-14-15-10(16(6)2)17-5-8-7(11)3-4-9(12)13-8/h3-4H,5H2,1-2H3. The zero-order valence-corrected chi connectivity index (χ0v) is 11.6. The van der Waals surface area contributed by atoms with Crippen LogP contribution in [-0.2, 0) is 12.8 Å². The molecule has 2 heterocycles. The van der Waals surface area contributed by atoms with E-state index in [2.05, 4.69) is 15.2 Å². The first-order valence-corrected chi connectivity index (χ1v) is 6.62. The highest BCUT2D eigenvalue weighted by Gasteiger charge is 2.09. The molecule has 0 aromatic carbocycles. The number of aryl methyl sites for hydroxylation is 1. The van der Waals surface area contributed by atoms with Crippen molar-refractivity contribution in [1.82, 2.24) is 19.7 Å². The molecule has 0 unspecified atom stereocenters. The SMILES string of the molecule is Cc1nnc(SCc2nc(Cl)ccc2Cl)n1C. The van der Waals surface area contributed by atoms with Gasteiger partial charge in [-0.2, -0.15) is 0 Å². The van der Waals surface area contributed by atoms with Crippen molar-refractivity contribution in [1.29, 1.82) is 0 Å². The Morgan fingerprint density at radius 3 is 2.71 bits per heavy atom. The van der Waals surface area contributed by atoms with E-state index in [4.69, 9.17) is 23.2 Å². The van der Waals surface area contributed by atoms with Gasteiger partial charge in [0.05, 0.1) is 10.7 Å². The minimum absolute atomic E-state index is 0.444. The quantitative estimate of drug-likeness (QED) is 0.643. The minimum atomic E-state index is 0.444. The van der Waals surface area contributed by atoms with Crippen LogP contribution in [0.3, 0.4) is 0 Å². The molecule has 2 aromatic rings. The van der Waals surface area contributed by atoms with Gasteiger partial charge in [-0.3, -0.25) is 0 Å². The first-order chi connectivity index (χ1) is 8.08. The van der Waals surface area contributed by atoms with Gasteiger partial charge in [-0.25, -0.2) is 4.98 Å². The van der Waals surface area contributed by atoms with E-state index in [-0.39, 0.29) is 0 Å². The average molecular weight is 289 g/mol. The second-order valence-corrected chi connectivity index (χ2v) is 5.18. The first-order valence-electron chi connectivity index (χ1n) is 4.87. The third-order valence-corrected chi connectivity index (χ3v) is 3.86. The smallest absolute Gasteiger partial charge is 0.191 e. The van der Waals surface area contributed by atoms with E-state index in [1.807, 2.05) is 18.5 Å². The Morgan fingerprint density at radius 1 is 1.29 bits per heavy atom. The number of halogens is 2. The number of thioether (sulfide) groups is 1. The molecule has 0 atom stereocenters. The summed E-state index contributed by atoms with van der Waals surface area (Å²) >= 11 is 13.4. The number of hydrogen-bond donors (Lipinski definition) is 0. The molecule has 0 N–H and O–H groups in total. The fourth-order valence-corrected chi connectivity index (χ4v) is 2.53. The summed E-state index contributed by atoms with van der Waals surface area (Å²) in [7, 11) is 1.92. The number of nitrogens with zero attached hydrogens (tertiary/aromatic N) is 4. The highest BCUT2D eigenvalue weighted by molar-refractivity contribution is 7.98. The van der Waals surface area contributed by atoms with Gasteiger partial charge in [-0.1, -0.05) is 35.0 Å². The number of hydrogen-bond acceptors (Lipinski definition) is 4. The van der Waals surface area contributed by atoms with Crippen LogP contribution in [0.1, 0.15) is 11.5 Å². The van der Waals surface area contributed by atoms with Gasteiger partial charge < -0.3 is 4.57 Å². The van der Waals surface area contributed by atoms with Crippen LogP contribution in [0.4, 0.5) is 0 Å². The molecule has 0 amide bonds. The summed E-state index contributed by atoms with van der Waals surface area (Å²) in [4.78, 5) is 4.18. The zero-order valence-electron chi connectivity index (χ0n) is 9.31. The molecule has 2 rings (SSSR count). The van der Waals surface area contributed by atoms with Crippen LogP contribution < -0.4 is 0 Å². The second kappa shape index (κ2) is 5.25. The Labute approximate surface area is 113 Å². The molecule has 17 heavy (non-hydrogen) atoms. The van der Waals surface area contributed by atoms with Gasteiger partial charge >= 0.3 is 0 Å². The summed E-state index contributed by atoms with van der Waals surface area (Å²) in [6.07, 6.45) is 0. The Hall–Kier alpha value is -0.780. The number of aromatic nitrogens is 4. The van der Waals surface area contributed by atoms with E-state index in [1.165, 1.54) is 11.8 Å². The van der Waals surface area contributed by atoms with E-state index in [9.17, 15) is 0 Å². The van der Waals surface area contributed by atoms with Crippen molar-refractivity contribution in [2.45, 2.75) is 17.8 Å². The molecular formula is C10H10Cl2N4S. The van der Waals surface area contributed by atoms with Crippen molar-refractivity contribution in [2.24, 2.45) is 7.05 Å². The van der Waals surface area contributed by atoms with Crippen molar-refractivity contribution < 1.29 is 0 Å². The lowest BCUT2D eigenvalue weighted by Crippen LogP contribution is -1.95. The molecule has 2 aromatic heterocycles. The maximum absolute atomic E-state index is 6.03. The molecule has 0 saturated heterocycles. The van der Waals surface area contributed by atoms with Gasteiger partial charge in [0.2, 0.25) is 0 Å². The van der Waals surface area contributed by atoms with Crippen LogP contribution >= 0.6 is 35.0 Å². The summed E-state index contributed by atoms with van der Waals surface area (Å²) in [5.41, 5.74) is 0.754. The van der Waals surface area contributed by atoms with Crippen LogP contribution in [0.5, 0.6) is 0 Å². The van der Waals surface area contributed by atoms with E-state index < -0.39 is 0 Å². The Balaban J connectivity index is 2.12. The molecular weight excluding hydrogens is 279 g/mol. The molecule has 0 fully saturated rings. The van der Waals surface area contributed by atoms with Gasteiger partial charge in [0.15, 0.2) is 5.16 Å². The monoisotopic (exact) mass is 288 g/mol. The van der Waals surface area contributed by atoms with Crippen molar-refractivity contribution in [3.63, 3.8) is 0 Å². The molecule has 0 aliphatic rings.